The smallest absolute Gasteiger partial charge is 0.411 e. The van der Waals surface area contributed by atoms with Crippen molar-refractivity contribution in [2.45, 2.75) is 58.8 Å². The predicted molar refractivity (Wildman–Crippen MR) is 91.3 cm³/mol. The fourth-order valence-corrected chi connectivity index (χ4v) is 2.26. The number of hydrogen-bond acceptors (Lipinski definition) is 5. The van der Waals surface area contributed by atoms with Crippen molar-refractivity contribution in [2.24, 2.45) is 5.73 Å². The number of carbonyl (C=O) groups is 2. The molecule has 2 N–H and O–H groups in total. The van der Waals surface area contributed by atoms with E-state index in [4.69, 9.17) is 27.4 Å². The summed E-state index contributed by atoms with van der Waals surface area (Å²) in [6.07, 6.45) is -0.929. The van der Waals surface area contributed by atoms with Crippen LogP contribution in [0.5, 0.6) is 0 Å². The average Bonchev–Trinajstić information content (AvgIpc) is 2.33. The van der Waals surface area contributed by atoms with Gasteiger partial charge >= 0.3 is 12.2 Å². The molecule has 0 aromatic carbocycles. The molecule has 0 bridgehead atoms. The number of hydrogen-bond donors (Lipinski definition) is 1. The fraction of sp³-hybridized carbons (Fsp3) is 0.800. The van der Waals surface area contributed by atoms with Crippen LogP contribution in [0.15, 0.2) is 0 Å². The maximum atomic E-state index is 12.3. The van der Waals surface area contributed by atoms with Crippen LogP contribution in [0.2, 0.25) is 0 Å². The SMILES string of the molecule is CC(C)(C)OC(=O)N1CCN(C(=O)OC(C)(C)C)C(C(N)=S)C1. The zero-order valence-electron chi connectivity index (χ0n) is 14.7. The van der Waals surface area contributed by atoms with Gasteiger partial charge in [-0.1, -0.05) is 12.2 Å². The molecule has 1 unspecified atom stereocenters. The first-order valence-corrected chi connectivity index (χ1v) is 7.98. The first-order chi connectivity index (χ1) is 10.3. The van der Waals surface area contributed by atoms with Gasteiger partial charge in [-0.25, -0.2) is 9.59 Å². The lowest BCUT2D eigenvalue weighted by Crippen LogP contribution is -2.61. The molecule has 2 amide bonds. The van der Waals surface area contributed by atoms with Crippen molar-refractivity contribution in [1.29, 1.82) is 0 Å². The van der Waals surface area contributed by atoms with Gasteiger partial charge in [-0.15, -0.1) is 0 Å². The maximum Gasteiger partial charge on any atom is 0.411 e. The number of carbonyl (C=O) groups excluding carboxylic acids is 2. The molecule has 0 saturated carbocycles. The highest BCUT2D eigenvalue weighted by molar-refractivity contribution is 7.80. The fourth-order valence-electron chi connectivity index (χ4n) is 2.06. The van der Waals surface area contributed by atoms with E-state index < -0.39 is 29.4 Å². The Balaban J connectivity index is 2.80. The van der Waals surface area contributed by atoms with E-state index in [9.17, 15) is 9.59 Å². The zero-order chi connectivity index (χ0) is 18.0. The van der Waals surface area contributed by atoms with Crippen molar-refractivity contribution in [3.63, 3.8) is 0 Å². The van der Waals surface area contributed by atoms with Crippen molar-refractivity contribution >= 4 is 29.4 Å². The van der Waals surface area contributed by atoms with E-state index in [1.54, 1.807) is 41.5 Å². The largest absolute Gasteiger partial charge is 0.444 e. The molecule has 0 aromatic heterocycles. The Bertz CT molecular complexity index is 482. The predicted octanol–water partition coefficient (Wildman–Crippen LogP) is 2.13. The van der Waals surface area contributed by atoms with Crippen molar-refractivity contribution < 1.29 is 19.1 Å². The van der Waals surface area contributed by atoms with Crippen LogP contribution in [0, 0.1) is 0 Å². The summed E-state index contributed by atoms with van der Waals surface area (Å²) >= 11 is 5.05. The van der Waals surface area contributed by atoms with Crippen LogP contribution in [0.1, 0.15) is 41.5 Å². The van der Waals surface area contributed by atoms with Crippen molar-refractivity contribution in [3.8, 4) is 0 Å². The van der Waals surface area contributed by atoms with E-state index in [2.05, 4.69) is 0 Å². The topological polar surface area (TPSA) is 85.1 Å². The number of rotatable bonds is 1. The Hall–Kier alpha value is -1.57. The Morgan fingerprint density at radius 2 is 1.48 bits per heavy atom. The van der Waals surface area contributed by atoms with Crippen LogP contribution in [-0.4, -0.2) is 63.9 Å². The van der Waals surface area contributed by atoms with Gasteiger partial charge in [0.25, 0.3) is 0 Å². The monoisotopic (exact) mass is 345 g/mol. The summed E-state index contributed by atoms with van der Waals surface area (Å²) in [4.78, 5) is 27.6. The number of piperazine rings is 1. The van der Waals surface area contributed by atoms with Crippen LogP contribution < -0.4 is 5.73 Å². The molecule has 1 heterocycles. The normalized spacial score (nSPS) is 19.3. The first kappa shape index (κ1) is 19.5. The lowest BCUT2D eigenvalue weighted by atomic mass is 10.1. The third-order valence-corrected chi connectivity index (χ3v) is 3.26. The molecule has 1 atom stereocenters. The summed E-state index contributed by atoms with van der Waals surface area (Å²) in [5.41, 5.74) is 4.56. The van der Waals surface area contributed by atoms with Gasteiger partial charge in [0.05, 0.1) is 11.5 Å². The van der Waals surface area contributed by atoms with Crippen LogP contribution in [0.4, 0.5) is 9.59 Å². The van der Waals surface area contributed by atoms with Crippen LogP contribution in [0.3, 0.4) is 0 Å². The minimum absolute atomic E-state index is 0.143. The van der Waals surface area contributed by atoms with E-state index in [0.29, 0.717) is 6.54 Å². The molecule has 23 heavy (non-hydrogen) atoms. The molecule has 1 saturated heterocycles. The van der Waals surface area contributed by atoms with Crippen molar-refractivity contribution in [2.75, 3.05) is 19.6 Å². The molecular formula is C15H27N3O4S. The molecule has 1 aliphatic heterocycles. The zero-order valence-corrected chi connectivity index (χ0v) is 15.5. The number of amides is 2. The highest BCUT2D eigenvalue weighted by atomic mass is 32.1. The maximum absolute atomic E-state index is 12.3. The molecule has 0 aromatic rings. The Morgan fingerprint density at radius 1 is 1.00 bits per heavy atom. The Labute approximate surface area is 143 Å². The minimum Gasteiger partial charge on any atom is -0.444 e. The van der Waals surface area contributed by atoms with Gasteiger partial charge in [0.2, 0.25) is 0 Å². The lowest BCUT2D eigenvalue weighted by Gasteiger charge is -2.41. The van der Waals surface area contributed by atoms with Crippen LogP contribution >= 0.6 is 12.2 Å². The number of nitrogens with two attached hydrogens (primary N) is 1. The minimum atomic E-state index is -0.611. The summed E-state index contributed by atoms with van der Waals surface area (Å²) in [6.45, 7) is 11.6. The van der Waals surface area contributed by atoms with Crippen LogP contribution in [0.25, 0.3) is 0 Å². The van der Waals surface area contributed by atoms with Crippen molar-refractivity contribution in [3.05, 3.63) is 0 Å². The number of thiocarbonyl (C=S) groups is 1. The lowest BCUT2D eigenvalue weighted by molar-refractivity contribution is -0.00648. The molecular weight excluding hydrogens is 318 g/mol. The Kier molecular flexibility index (Phi) is 5.84. The first-order valence-electron chi connectivity index (χ1n) is 7.57. The molecule has 1 rings (SSSR count). The van der Waals surface area contributed by atoms with Gasteiger partial charge in [-0.2, -0.15) is 0 Å². The summed E-state index contributed by atoms with van der Waals surface area (Å²) in [6, 6.07) is -0.568. The summed E-state index contributed by atoms with van der Waals surface area (Å²) in [5, 5.41) is 0. The van der Waals surface area contributed by atoms with Crippen LogP contribution in [-0.2, 0) is 9.47 Å². The summed E-state index contributed by atoms with van der Waals surface area (Å²) < 4.78 is 10.7. The van der Waals surface area contributed by atoms with E-state index in [1.165, 1.54) is 9.80 Å². The third kappa shape index (κ3) is 6.21. The number of ether oxygens (including phenoxy) is 2. The van der Waals surface area contributed by atoms with Gasteiger partial charge in [-0.05, 0) is 41.5 Å². The average molecular weight is 345 g/mol. The molecule has 1 aliphatic rings. The van der Waals surface area contributed by atoms with Gasteiger partial charge < -0.3 is 20.1 Å². The highest BCUT2D eigenvalue weighted by Gasteiger charge is 2.37. The molecule has 0 aliphatic carbocycles. The second-order valence-corrected chi connectivity index (χ2v) is 7.99. The second kappa shape index (κ2) is 6.90. The molecule has 8 heteroatoms. The summed E-state index contributed by atoms with van der Waals surface area (Å²) in [7, 11) is 0. The van der Waals surface area contributed by atoms with E-state index in [0.717, 1.165) is 0 Å². The molecule has 132 valence electrons. The Morgan fingerprint density at radius 3 is 1.91 bits per heavy atom. The molecule has 7 nitrogen and oxygen atoms in total. The quantitative estimate of drug-likeness (QED) is 0.733. The highest BCUT2D eigenvalue weighted by Crippen LogP contribution is 2.18. The molecule has 0 radical (unpaired) electrons. The molecule has 0 spiro atoms. The summed E-state index contributed by atoms with van der Waals surface area (Å²) in [5.74, 6) is 0. The molecule has 1 fully saturated rings. The standard InChI is InChI=1S/C15H27N3O4S/c1-14(2,3)21-12(19)17-7-8-18(10(9-17)11(16)23)13(20)22-15(4,5)6/h10H,7-9H2,1-6H3,(H2,16,23). The van der Waals surface area contributed by atoms with Gasteiger partial charge in [-0.3, -0.25) is 4.90 Å². The van der Waals surface area contributed by atoms with Gasteiger partial charge in [0, 0.05) is 13.1 Å². The van der Waals surface area contributed by atoms with Gasteiger partial charge in [0.15, 0.2) is 0 Å². The van der Waals surface area contributed by atoms with E-state index >= 15 is 0 Å². The third-order valence-electron chi connectivity index (χ3n) is 2.99. The number of nitrogens with zero attached hydrogens (tertiary/aromatic N) is 2. The van der Waals surface area contributed by atoms with E-state index in [-0.39, 0.29) is 18.1 Å². The van der Waals surface area contributed by atoms with Gasteiger partial charge in [0.1, 0.15) is 17.2 Å². The van der Waals surface area contributed by atoms with Crippen molar-refractivity contribution in [1.82, 2.24) is 9.80 Å². The second-order valence-electron chi connectivity index (χ2n) is 7.52. The van der Waals surface area contributed by atoms with E-state index in [1.807, 2.05) is 0 Å².